The average Bonchev–Trinajstić information content (AvgIpc) is 3.24. The number of likely N-dealkylation sites (tertiary alicyclic amines) is 1. The molecule has 1 aromatic carbocycles. The van der Waals surface area contributed by atoms with Crippen LogP contribution in [-0.4, -0.2) is 48.0 Å². The van der Waals surface area contributed by atoms with Crippen molar-refractivity contribution in [3.8, 4) is 11.5 Å². The largest absolute Gasteiger partial charge is 0.304 e. The van der Waals surface area contributed by atoms with Gasteiger partial charge in [-0.3, -0.25) is 9.88 Å². The highest BCUT2D eigenvalue weighted by Gasteiger charge is 2.25. The van der Waals surface area contributed by atoms with Crippen LogP contribution < -0.4 is 0 Å². The topological polar surface area (TPSA) is 59.7 Å². The normalized spacial score (nSPS) is 17.9. The predicted octanol–water partition coefficient (Wildman–Crippen LogP) is 2.64. The van der Waals surface area contributed by atoms with Gasteiger partial charge in [0.15, 0.2) is 11.0 Å². The highest BCUT2D eigenvalue weighted by atomic mass is 32.2. The summed E-state index contributed by atoms with van der Waals surface area (Å²) in [5, 5.41) is 10.1. The number of rotatable bonds is 5. The van der Waals surface area contributed by atoms with Crippen molar-refractivity contribution in [1.82, 2.24) is 29.6 Å². The van der Waals surface area contributed by atoms with Gasteiger partial charge in [-0.15, -0.1) is 10.2 Å². The summed E-state index contributed by atoms with van der Waals surface area (Å²) in [4.78, 5) is 10.9. The van der Waals surface area contributed by atoms with E-state index < -0.39 is 0 Å². The van der Waals surface area contributed by atoms with Crippen molar-refractivity contribution in [3.63, 3.8) is 0 Å². The highest BCUT2D eigenvalue weighted by molar-refractivity contribution is 7.99. The highest BCUT2D eigenvalue weighted by Crippen LogP contribution is 2.30. The molecule has 1 aliphatic rings. The van der Waals surface area contributed by atoms with E-state index in [1.807, 2.05) is 23.4 Å². The molecule has 0 bridgehead atoms. The maximum atomic E-state index is 4.35. The van der Waals surface area contributed by atoms with Crippen LogP contribution in [0.25, 0.3) is 11.5 Å². The summed E-state index contributed by atoms with van der Waals surface area (Å²) in [5.41, 5.74) is 2.12. The third kappa shape index (κ3) is 3.72. The summed E-state index contributed by atoms with van der Waals surface area (Å²) in [6, 6.07) is 10.7. The molecule has 7 heteroatoms. The van der Waals surface area contributed by atoms with Gasteiger partial charge in [-0.05, 0) is 18.5 Å². The van der Waals surface area contributed by atoms with E-state index in [2.05, 4.69) is 55.4 Å². The molecule has 1 unspecified atom stereocenters. The van der Waals surface area contributed by atoms with E-state index in [0.717, 1.165) is 36.3 Å². The monoisotopic (exact) mass is 352 g/mol. The van der Waals surface area contributed by atoms with Crippen LogP contribution in [0, 0.1) is 0 Å². The van der Waals surface area contributed by atoms with Crippen LogP contribution in [0.4, 0.5) is 0 Å². The van der Waals surface area contributed by atoms with Gasteiger partial charge in [-0.1, -0.05) is 42.1 Å². The molecule has 0 saturated carbocycles. The van der Waals surface area contributed by atoms with E-state index in [9.17, 15) is 0 Å². The second-order valence-electron chi connectivity index (χ2n) is 6.21. The SMILES string of the molecule is Cn1c(SC2CCN(Cc3ccccc3)C2)nnc1-c1cnccn1. The minimum atomic E-state index is 0.543. The lowest BCUT2D eigenvalue weighted by molar-refractivity contribution is 0.332. The van der Waals surface area contributed by atoms with Gasteiger partial charge in [0.25, 0.3) is 0 Å². The van der Waals surface area contributed by atoms with Gasteiger partial charge in [0.1, 0.15) is 5.69 Å². The molecule has 0 radical (unpaired) electrons. The first-order valence-corrected chi connectivity index (χ1v) is 9.26. The Morgan fingerprint density at radius 1 is 1.16 bits per heavy atom. The van der Waals surface area contributed by atoms with Gasteiger partial charge >= 0.3 is 0 Å². The Balaban J connectivity index is 1.40. The van der Waals surface area contributed by atoms with Crippen LogP contribution in [-0.2, 0) is 13.6 Å². The molecule has 1 atom stereocenters. The number of benzene rings is 1. The minimum Gasteiger partial charge on any atom is -0.304 e. The van der Waals surface area contributed by atoms with E-state index in [0.29, 0.717) is 5.25 Å². The molecule has 1 aliphatic heterocycles. The van der Waals surface area contributed by atoms with E-state index in [-0.39, 0.29) is 0 Å². The van der Waals surface area contributed by atoms with Gasteiger partial charge < -0.3 is 4.57 Å². The van der Waals surface area contributed by atoms with Gasteiger partial charge in [0, 0.05) is 37.8 Å². The molecule has 128 valence electrons. The van der Waals surface area contributed by atoms with E-state index in [4.69, 9.17) is 0 Å². The fourth-order valence-corrected chi connectivity index (χ4v) is 4.22. The van der Waals surface area contributed by atoms with Gasteiger partial charge in [0.2, 0.25) is 0 Å². The molecule has 0 aliphatic carbocycles. The zero-order chi connectivity index (χ0) is 17.1. The summed E-state index contributed by atoms with van der Waals surface area (Å²) in [5.74, 6) is 0.759. The smallest absolute Gasteiger partial charge is 0.191 e. The molecule has 0 amide bonds. The number of thioether (sulfide) groups is 1. The van der Waals surface area contributed by atoms with Crippen molar-refractivity contribution in [2.24, 2.45) is 7.05 Å². The number of hydrogen-bond donors (Lipinski definition) is 0. The molecule has 4 rings (SSSR count). The Kier molecular flexibility index (Phi) is 4.76. The quantitative estimate of drug-likeness (QED) is 0.703. The number of aromatic nitrogens is 5. The Hall–Kier alpha value is -2.25. The molecule has 2 aromatic heterocycles. The molecule has 0 N–H and O–H groups in total. The first-order chi connectivity index (χ1) is 12.3. The van der Waals surface area contributed by atoms with Crippen LogP contribution in [0.3, 0.4) is 0 Å². The van der Waals surface area contributed by atoms with Crippen molar-refractivity contribution in [3.05, 3.63) is 54.5 Å². The summed E-state index contributed by atoms with van der Waals surface area (Å²) >= 11 is 1.81. The van der Waals surface area contributed by atoms with E-state index in [1.54, 1.807) is 18.6 Å². The zero-order valence-corrected chi connectivity index (χ0v) is 14.9. The Morgan fingerprint density at radius 2 is 2.04 bits per heavy atom. The van der Waals surface area contributed by atoms with Crippen LogP contribution in [0.15, 0.2) is 54.1 Å². The predicted molar refractivity (Wildman–Crippen MR) is 98.0 cm³/mol. The van der Waals surface area contributed by atoms with E-state index >= 15 is 0 Å². The first kappa shape index (κ1) is 16.2. The number of hydrogen-bond acceptors (Lipinski definition) is 6. The lowest BCUT2D eigenvalue weighted by Gasteiger charge is -2.15. The third-order valence-corrected chi connectivity index (χ3v) is 5.66. The second-order valence-corrected chi connectivity index (χ2v) is 7.47. The molecule has 0 spiro atoms. The Morgan fingerprint density at radius 3 is 2.84 bits per heavy atom. The molecule has 3 heterocycles. The lowest BCUT2D eigenvalue weighted by atomic mass is 10.2. The van der Waals surface area contributed by atoms with Crippen molar-refractivity contribution in [2.45, 2.75) is 23.4 Å². The summed E-state index contributed by atoms with van der Waals surface area (Å²) in [6.07, 6.45) is 6.23. The van der Waals surface area contributed by atoms with Crippen LogP contribution in [0.5, 0.6) is 0 Å². The fourth-order valence-electron chi connectivity index (χ4n) is 3.08. The minimum absolute atomic E-state index is 0.543. The molecule has 6 nitrogen and oxygen atoms in total. The molecule has 1 fully saturated rings. The third-order valence-electron chi connectivity index (χ3n) is 4.38. The Bertz CT molecular complexity index is 820. The van der Waals surface area contributed by atoms with Crippen molar-refractivity contribution >= 4 is 11.8 Å². The van der Waals surface area contributed by atoms with Crippen molar-refractivity contribution in [2.75, 3.05) is 13.1 Å². The summed E-state index contributed by atoms with van der Waals surface area (Å²) in [6.45, 7) is 3.22. The molecular formula is C18H20N6S. The average molecular weight is 352 g/mol. The first-order valence-electron chi connectivity index (χ1n) is 8.38. The molecular weight excluding hydrogens is 332 g/mol. The van der Waals surface area contributed by atoms with Crippen molar-refractivity contribution in [1.29, 1.82) is 0 Å². The fraction of sp³-hybridized carbons (Fsp3) is 0.333. The van der Waals surface area contributed by atoms with Crippen LogP contribution in [0.2, 0.25) is 0 Å². The summed E-state index contributed by atoms with van der Waals surface area (Å²) in [7, 11) is 1.99. The molecule has 25 heavy (non-hydrogen) atoms. The standard InChI is InChI=1S/C18H20N6S/c1-23-17(16-11-19-8-9-20-16)21-22-18(23)25-15-7-10-24(13-15)12-14-5-3-2-4-6-14/h2-6,8-9,11,15H,7,10,12-13H2,1H3. The zero-order valence-electron chi connectivity index (χ0n) is 14.1. The van der Waals surface area contributed by atoms with Crippen LogP contribution in [0.1, 0.15) is 12.0 Å². The molecule has 3 aromatic rings. The second kappa shape index (κ2) is 7.33. The van der Waals surface area contributed by atoms with Gasteiger partial charge in [-0.2, -0.15) is 0 Å². The lowest BCUT2D eigenvalue weighted by Crippen LogP contribution is -2.20. The maximum Gasteiger partial charge on any atom is 0.191 e. The van der Waals surface area contributed by atoms with Gasteiger partial charge in [0.05, 0.1) is 6.20 Å². The van der Waals surface area contributed by atoms with Gasteiger partial charge in [-0.25, -0.2) is 4.98 Å². The summed E-state index contributed by atoms with van der Waals surface area (Å²) < 4.78 is 2.01. The van der Waals surface area contributed by atoms with E-state index in [1.165, 1.54) is 12.0 Å². The molecule has 1 saturated heterocycles. The number of nitrogens with zero attached hydrogens (tertiary/aromatic N) is 6. The Labute approximate surface area is 151 Å². The van der Waals surface area contributed by atoms with Crippen LogP contribution >= 0.6 is 11.8 Å². The van der Waals surface area contributed by atoms with Crippen molar-refractivity contribution < 1.29 is 0 Å². The maximum absolute atomic E-state index is 4.35.